The molecule has 1 unspecified atom stereocenters. The molecule has 2 nitrogen and oxygen atoms in total. The summed E-state index contributed by atoms with van der Waals surface area (Å²) in [6.07, 6.45) is 1.11. The lowest BCUT2D eigenvalue weighted by molar-refractivity contribution is 0.0734. The highest BCUT2D eigenvalue weighted by Crippen LogP contribution is 2.43. The summed E-state index contributed by atoms with van der Waals surface area (Å²) >= 11 is 0. The summed E-state index contributed by atoms with van der Waals surface area (Å²) in [5, 5.41) is 0. The molecule has 2 aromatic rings. The van der Waals surface area contributed by atoms with Crippen LogP contribution in [0.25, 0.3) is 0 Å². The minimum absolute atomic E-state index is 0.176. The van der Waals surface area contributed by atoms with Crippen LogP contribution in [0, 0.1) is 10.8 Å². The topological polar surface area (TPSA) is 26.3 Å². The lowest BCUT2D eigenvalue weighted by Gasteiger charge is -2.36. The van der Waals surface area contributed by atoms with Crippen molar-refractivity contribution in [1.29, 1.82) is 0 Å². The molecule has 0 radical (unpaired) electrons. The Labute approximate surface area is 152 Å². The van der Waals surface area contributed by atoms with Gasteiger partial charge in [-0.1, -0.05) is 71.9 Å². The summed E-state index contributed by atoms with van der Waals surface area (Å²) < 4.78 is 5.48. The molecule has 0 aliphatic heterocycles. The zero-order valence-corrected chi connectivity index (χ0v) is 16.3. The number of carbonyl (C=O) groups is 1. The normalized spacial score (nSPS) is 13.4. The molecule has 134 valence electrons. The predicted molar refractivity (Wildman–Crippen MR) is 104 cm³/mol. The van der Waals surface area contributed by atoms with Crippen LogP contribution in [-0.4, -0.2) is 5.97 Å². The first-order valence-corrected chi connectivity index (χ1v) is 8.93. The lowest BCUT2D eigenvalue weighted by Crippen LogP contribution is -2.23. The number of hydrogen-bond acceptors (Lipinski definition) is 2. The highest BCUT2D eigenvalue weighted by Gasteiger charge is 2.30. The van der Waals surface area contributed by atoms with Crippen LogP contribution in [-0.2, 0) is 0 Å². The molecule has 0 amide bonds. The van der Waals surface area contributed by atoms with E-state index in [9.17, 15) is 4.79 Å². The van der Waals surface area contributed by atoms with Gasteiger partial charge < -0.3 is 4.74 Å². The average Bonchev–Trinajstić information content (AvgIpc) is 2.52. The van der Waals surface area contributed by atoms with E-state index < -0.39 is 0 Å². The Bertz CT molecular complexity index is 686. The van der Waals surface area contributed by atoms with E-state index in [-0.39, 0.29) is 16.8 Å². The molecule has 25 heavy (non-hydrogen) atoms. The van der Waals surface area contributed by atoms with E-state index in [0.717, 1.165) is 6.42 Å². The summed E-state index contributed by atoms with van der Waals surface area (Å²) in [7, 11) is 0. The van der Waals surface area contributed by atoms with Gasteiger partial charge in [0, 0.05) is 0 Å². The van der Waals surface area contributed by atoms with Gasteiger partial charge in [0.25, 0.3) is 0 Å². The van der Waals surface area contributed by atoms with Gasteiger partial charge in [-0.25, -0.2) is 4.79 Å². The molecule has 0 aliphatic carbocycles. The second-order valence-corrected chi connectivity index (χ2v) is 9.01. The van der Waals surface area contributed by atoms with Gasteiger partial charge >= 0.3 is 5.97 Å². The van der Waals surface area contributed by atoms with Gasteiger partial charge in [-0.05, 0) is 53.0 Å². The molecule has 0 aromatic heterocycles. The highest BCUT2D eigenvalue weighted by atomic mass is 16.5. The molecule has 1 atom stereocenters. The largest absolute Gasteiger partial charge is 0.423 e. The Kier molecular flexibility index (Phi) is 5.72. The molecule has 0 N–H and O–H groups in total. The quantitative estimate of drug-likeness (QED) is 0.471. The Morgan fingerprint density at radius 1 is 0.880 bits per heavy atom. The zero-order valence-electron chi connectivity index (χ0n) is 16.3. The van der Waals surface area contributed by atoms with Gasteiger partial charge in [-0.2, -0.15) is 0 Å². The number of rotatable bonds is 4. The van der Waals surface area contributed by atoms with Crippen LogP contribution in [0.5, 0.6) is 5.75 Å². The zero-order chi connectivity index (χ0) is 18.7. The van der Waals surface area contributed by atoms with E-state index in [4.69, 9.17) is 4.74 Å². The van der Waals surface area contributed by atoms with Gasteiger partial charge in [0.2, 0.25) is 0 Å². The van der Waals surface area contributed by atoms with E-state index >= 15 is 0 Å². The first-order valence-electron chi connectivity index (χ1n) is 8.93. The van der Waals surface area contributed by atoms with Crippen LogP contribution in [0.3, 0.4) is 0 Å². The van der Waals surface area contributed by atoms with Gasteiger partial charge in [0.05, 0.1) is 5.56 Å². The van der Waals surface area contributed by atoms with Crippen LogP contribution in [0.1, 0.15) is 69.8 Å². The molecule has 0 heterocycles. The second-order valence-electron chi connectivity index (χ2n) is 9.01. The number of benzene rings is 2. The smallest absolute Gasteiger partial charge is 0.343 e. The van der Waals surface area contributed by atoms with Crippen LogP contribution in [0.15, 0.2) is 54.6 Å². The minimum atomic E-state index is -0.324. The molecule has 2 rings (SSSR count). The molecule has 0 fully saturated rings. The van der Waals surface area contributed by atoms with E-state index in [1.807, 2.05) is 30.3 Å². The van der Waals surface area contributed by atoms with Crippen LogP contribution in [0.2, 0.25) is 0 Å². The molecule has 0 bridgehead atoms. The van der Waals surface area contributed by atoms with Gasteiger partial charge in [0.1, 0.15) is 5.75 Å². The third kappa shape index (κ3) is 5.74. The molecule has 0 aliphatic rings. The fraction of sp³-hybridized carbons (Fsp3) is 0.435. The molecule has 0 saturated carbocycles. The summed E-state index contributed by atoms with van der Waals surface area (Å²) in [6.45, 7) is 13.7. The first-order chi connectivity index (χ1) is 11.6. The van der Waals surface area contributed by atoms with Crippen molar-refractivity contribution in [3.63, 3.8) is 0 Å². The molecule has 2 aromatic carbocycles. The predicted octanol–water partition coefficient (Wildman–Crippen LogP) is 6.47. The van der Waals surface area contributed by atoms with Crippen LogP contribution in [0.4, 0.5) is 0 Å². The van der Waals surface area contributed by atoms with Crippen LogP contribution < -0.4 is 4.74 Å². The third-order valence-corrected chi connectivity index (χ3v) is 4.36. The number of carbonyl (C=O) groups excluding carboxylic acids is 1. The van der Waals surface area contributed by atoms with Crippen molar-refractivity contribution >= 4 is 5.97 Å². The SMILES string of the molecule is CC(C)(C)CC(c1ccc(OC(=O)c2ccccc2)cc1)C(C)(C)C. The van der Waals surface area contributed by atoms with E-state index in [0.29, 0.717) is 17.2 Å². The number of esters is 1. The standard InChI is InChI=1S/C23H30O2/c1-22(2,3)16-20(23(4,5)6)17-12-14-19(15-13-17)25-21(24)18-10-8-7-9-11-18/h7-15,20H,16H2,1-6H3. The Balaban J connectivity index is 2.16. The summed E-state index contributed by atoms with van der Waals surface area (Å²) in [4.78, 5) is 12.2. The van der Waals surface area contributed by atoms with Crippen LogP contribution >= 0.6 is 0 Å². The second kappa shape index (κ2) is 7.43. The third-order valence-electron chi connectivity index (χ3n) is 4.36. The van der Waals surface area contributed by atoms with E-state index in [1.165, 1.54) is 5.56 Å². The summed E-state index contributed by atoms with van der Waals surface area (Å²) in [6, 6.07) is 17.1. The highest BCUT2D eigenvalue weighted by molar-refractivity contribution is 5.90. The van der Waals surface area contributed by atoms with Crippen molar-refractivity contribution in [2.24, 2.45) is 10.8 Å². The summed E-state index contributed by atoms with van der Waals surface area (Å²) in [5.74, 6) is 0.711. The summed E-state index contributed by atoms with van der Waals surface area (Å²) in [5.41, 5.74) is 2.29. The minimum Gasteiger partial charge on any atom is -0.423 e. The first kappa shape index (κ1) is 19.2. The number of hydrogen-bond donors (Lipinski definition) is 0. The van der Waals surface area contributed by atoms with Crippen molar-refractivity contribution in [3.05, 3.63) is 65.7 Å². The van der Waals surface area contributed by atoms with Gasteiger partial charge in [0.15, 0.2) is 0 Å². The molecule has 0 spiro atoms. The van der Waals surface area contributed by atoms with Crippen molar-refractivity contribution in [3.8, 4) is 5.75 Å². The monoisotopic (exact) mass is 338 g/mol. The fourth-order valence-corrected chi connectivity index (χ4v) is 3.04. The van der Waals surface area contributed by atoms with Gasteiger partial charge in [-0.15, -0.1) is 0 Å². The molecular weight excluding hydrogens is 308 g/mol. The van der Waals surface area contributed by atoms with E-state index in [2.05, 4.69) is 53.7 Å². The fourth-order valence-electron chi connectivity index (χ4n) is 3.04. The molecule has 2 heteroatoms. The van der Waals surface area contributed by atoms with Crippen molar-refractivity contribution in [1.82, 2.24) is 0 Å². The molecular formula is C23H30O2. The number of ether oxygens (including phenoxy) is 1. The Hall–Kier alpha value is -2.09. The van der Waals surface area contributed by atoms with Crippen molar-refractivity contribution < 1.29 is 9.53 Å². The Morgan fingerprint density at radius 2 is 1.44 bits per heavy atom. The average molecular weight is 338 g/mol. The van der Waals surface area contributed by atoms with Crippen molar-refractivity contribution in [2.75, 3.05) is 0 Å². The van der Waals surface area contributed by atoms with Gasteiger partial charge in [-0.3, -0.25) is 0 Å². The lowest BCUT2D eigenvalue weighted by atomic mass is 9.69. The Morgan fingerprint density at radius 3 is 1.92 bits per heavy atom. The maximum absolute atomic E-state index is 12.2. The maximum atomic E-state index is 12.2. The van der Waals surface area contributed by atoms with Crippen molar-refractivity contribution in [2.45, 2.75) is 53.9 Å². The van der Waals surface area contributed by atoms with E-state index in [1.54, 1.807) is 12.1 Å². The molecule has 0 saturated heterocycles. The maximum Gasteiger partial charge on any atom is 0.343 e.